The van der Waals surface area contributed by atoms with Crippen molar-refractivity contribution in [3.63, 3.8) is 0 Å². The van der Waals surface area contributed by atoms with Crippen LogP contribution in [0.2, 0.25) is 0 Å². The zero-order chi connectivity index (χ0) is 58.5. The first kappa shape index (κ1) is 63.2. The first-order valence-corrected chi connectivity index (χ1v) is 26.9. The van der Waals surface area contributed by atoms with Gasteiger partial charge in [0.25, 0.3) is 5.91 Å². The van der Waals surface area contributed by atoms with Crippen molar-refractivity contribution in [3.05, 3.63) is 84.1 Å². The molecule has 0 aliphatic carbocycles. The normalized spacial score (nSPS) is 13.8. The number of thioether (sulfide) groups is 1. The third-order valence-corrected chi connectivity index (χ3v) is 13.1. The van der Waals surface area contributed by atoms with E-state index in [4.69, 9.17) is 22.9 Å². The van der Waals surface area contributed by atoms with Crippen LogP contribution in [0.4, 0.5) is 5.69 Å². The Morgan fingerprint density at radius 1 is 0.696 bits per heavy atom. The van der Waals surface area contributed by atoms with Crippen molar-refractivity contribution >= 4 is 93.3 Å². The third kappa shape index (κ3) is 19.3. The number of nitrogen functional groups attached to an aromatic ring is 1. The monoisotopic (exact) mass is 1120 g/mol. The lowest BCUT2D eigenvalue weighted by atomic mass is 10.0. The molecule has 0 radical (unpaired) electrons. The topological polar surface area (TPSA) is 424 Å². The standard InChI is InChI=1S/C52H73N15O11S/c1-27(2)19-37(48(74)63-36(45(56)71)17-18-79-6)64-49(75)39(21-33-24-57-26-60-33)62-42(69)25-59-51(77)44(28(3)4)66-46(72)29(5)61-47(73)38(20-31-23-58-35-10-8-7-9-34(31)35)65-50(76)40(15-16-41(55)68)67(43(70)22-53)52(78)30-11-13-32(54)14-12-30/h7-14,23-24,26-29,36-40,44,58H,15-22,25,53-54H2,1-6H3,(H2,55,68)(H2,56,71)(H,57,60)(H,59,77)(H,61,73)(H,62,69)(H,63,74)(H,64,75)(H,65,76)(H,66,72)/t29-,36-,37-,38-,39-,40-,44-/m0/s1. The molecule has 428 valence electrons. The Hall–Kier alpha value is -8.33. The Balaban J connectivity index is 1.51. The van der Waals surface area contributed by atoms with Crippen LogP contribution in [0.3, 0.4) is 0 Å². The number of amides is 11. The number of fused-ring (bicyclic) bond motifs is 1. The first-order valence-electron chi connectivity index (χ1n) is 25.5. The minimum absolute atomic E-state index is 0.0396. The Labute approximate surface area is 461 Å². The second-order valence-corrected chi connectivity index (χ2v) is 20.5. The molecule has 0 fully saturated rings. The van der Waals surface area contributed by atoms with Crippen LogP contribution >= 0.6 is 11.8 Å². The van der Waals surface area contributed by atoms with E-state index in [1.807, 2.05) is 20.1 Å². The van der Waals surface area contributed by atoms with Crippen LogP contribution in [0, 0.1) is 11.8 Å². The Morgan fingerprint density at radius 2 is 1.33 bits per heavy atom. The third-order valence-electron chi connectivity index (χ3n) is 12.5. The second kappa shape index (κ2) is 30.6. The van der Waals surface area contributed by atoms with Crippen LogP contribution in [-0.4, -0.2) is 152 Å². The summed E-state index contributed by atoms with van der Waals surface area (Å²) in [5.41, 5.74) is 24.5. The summed E-state index contributed by atoms with van der Waals surface area (Å²) in [4.78, 5) is 159. The fourth-order valence-electron chi connectivity index (χ4n) is 8.26. The van der Waals surface area contributed by atoms with E-state index < -0.39 is 139 Å². The number of hydrogen-bond donors (Lipinski definition) is 13. The molecule has 7 atom stereocenters. The molecule has 2 aromatic carbocycles. The van der Waals surface area contributed by atoms with Gasteiger partial charge in [-0.25, -0.2) is 4.98 Å². The molecule has 17 N–H and O–H groups in total. The summed E-state index contributed by atoms with van der Waals surface area (Å²) in [6.07, 6.45) is 5.50. The number of imide groups is 1. The molecule has 27 heteroatoms. The van der Waals surface area contributed by atoms with Crippen LogP contribution < -0.4 is 60.2 Å². The molecule has 0 aliphatic rings. The van der Waals surface area contributed by atoms with E-state index in [9.17, 15) is 52.7 Å². The minimum atomic E-state index is -1.71. The number of benzene rings is 2. The number of nitrogens with one attached hydrogen (secondary N) is 9. The van der Waals surface area contributed by atoms with Gasteiger partial charge in [-0.2, -0.15) is 11.8 Å². The molecule has 26 nitrogen and oxygen atoms in total. The predicted octanol–water partition coefficient (Wildman–Crippen LogP) is -1.49. The summed E-state index contributed by atoms with van der Waals surface area (Å²) in [6.45, 7) is 6.85. The van der Waals surface area contributed by atoms with Crippen molar-refractivity contribution in [2.75, 3.05) is 30.8 Å². The van der Waals surface area contributed by atoms with E-state index in [1.54, 1.807) is 44.3 Å². The lowest BCUT2D eigenvalue weighted by Crippen LogP contribution is -2.60. The van der Waals surface area contributed by atoms with Crippen LogP contribution in [-0.2, 0) is 60.8 Å². The molecule has 2 aromatic heterocycles. The molecule has 11 amide bonds. The predicted molar refractivity (Wildman–Crippen MR) is 294 cm³/mol. The maximum atomic E-state index is 14.4. The summed E-state index contributed by atoms with van der Waals surface area (Å²) >= 11 is 1.46. The van der Waals surface area contributed by atoms with Crippen molar-refractivity contribution in [1.29, 1.82) is 0 Å². The summed E-state index contributed by atoms with van der Waals surface area (Å²) in [5.74, 6) is -9.46. The van der Waals surface area contributed by atoms with Crippen molar-refractivity contribution in [2.24, 2.45) is 29.0 Å². The minimum Gasteiger partial charge on any atom is -0.399 e. The molecule has 79 heavy (non-hydrogen) atoms. The van der Waals surface area contributed by atoms with Crippen LogP contribution in [0.15, 0.2) is 67.3 Å². The number of nitrogens with two attached hydrogens (primary N) is 4. The number of imidazole rings is 1. The molecule has 4 aromatic rings. The van der Waals surface area contributed by atoms with Gasteiger partial charge in [0.2, 0.25) is 59.1 Å². The van der Waals surface area contributed by atoms with Crippen molar-refractivity contribution in [3.8, 4) is 0 Å². The maximum Gasteiger partial charge on any atom is 0.261 e. The number of aromatic nitrogens is 3. The number of H-pyrrole nitrogens is 2. The zero-order valence-electron chi connectivity index (χ0n) is 45.0. The van der Waals surface area contributed by atoms with Gasteiger partial charge >= 0.3 is 0 Å². The van der Waals surface area contributed by atoms with Crippen molar-refractivity contribution in [1.82, 2.24) is 57.1 Å². The van der Waals surface area contributed by atoms with Gasteiger partial charge in [0.1, 0.15) is 42.3 Å². The van der Waals surface area contributed by atoms with Gasteiger partial charge in [0.15, 0.2) is 0 Å². The average Bonchev–Trinajstić information content (AvgIpc) is 4.10. The number of aromatic amines is 2. The molecule has 0 aliphatic heterocycles. The van der Waals surface area contributed by atoms with Crippen LogP contribution in [0.25, 0.3) is 10.9 Å². The largest absolute Gasteiger partial charge is 0.399 e. The summed E-state index contributed by atoms with van der Waals surface area (Å²) < 4.78 is 0. The number of primary amides is 2. The molecular formula is C52H73N15O11S. The smallest absolute Gasteiger partial charge is 0.261 e. The maximum absolute atomic E-state index is 14.4. The second-order valence-electron chi connectivity index (χ2n) is 19.6. The van der Waals surface area contributed by atoms with E-state index >= 15 is 0 Å². The lowest BCUT2D eigenvalue weighted by Gasteiger charge is -2.31. The Kier molecular flexibility index (Phi) is 24.5. The van der Waals surface area contributed by atoms with E-state index in [2.05, 4.69) is 52.2 Å². The number of anilines is 1. The molecule has 0 spiro atoms. The molecule has 0 saturated carbocycles. The Bertz CT molecular complexity index is 2790. The highest BCUT2D eigenvalue weighted by Crippen LogP contribution is 2.21. The first-order chi connectivity index (χ1) is 37.4. The van der Waals surface area contributed by atoms with E-state index in [-0.39, 0.29) is 37.2 Å². The molecule has 0 bridgehead atoms. The van der Waals surface area contributed by atoms with Gasteiger partial charge in [0, 0.05) is 59.5 Å². The fourth-order valence-corrected chi connectivity index (χ4v) is 8.73. The quantitative estimate of drug-likeness (QED) is 0.0255. The number of para-hydroxylation sites is 1. The van der Waals surface area contributed by atoms with E-state index in [1.165, 1.54) is 55.5 Å². The van der Waals surface area contributed by atoms with Crippen molar-refractivity contribution in [2.45, 2.75) is 115 Å². The summed E-state index contributed by atoms with van der Waals surface area (Å²) in [6, 6.07) is 3.33. The summed E-state index contributed by atoms with van der Waals surface area (Å²) in [7, 11) is 0. The highest BCUT2D eigenvalue weighted by Gasteiger charge is 2.38. The lowest BCUT2D eigenvalue weighted by molar-refractivity contribution is -0.139. The van der Waals surface area contributed by atoms with Gasteiger partial charge in [-0.1, -0.05) is 45.9 Å². The molecule has 4 rings (SSSR count). The summed E-state index contributed by atoms with van der Waals surface area (Å²) in [5, 5.41) is 18.8. The molecule has 0 unspecified atom stereocenters. The number of nitrogens with zero attached hydrogens (tertiary/aromatic N) is 2. The highest BCUT2D eigenvalue weighted by molar-refractivity contribution is 7.98. The van der Waals surface area contributed by atoms with Crippen LogP contribution in [0.1, 0.15) is 81.9 Å². The van der Waals surface area contributed by atoms with E-state index in [0.717, 1.165) is 0 Å². The van der Waals surface area contributed by atoms with Gasteiger partial charge in [0.05, 0.1) is 19.4 Å². The molecule has 2 heterocycles. The van der Waals surface area contributed by atoms with Crippen LogP contribution in [0.5, 0.6) is 0 Å². The van der Waals surface area contributed by atoms with Gasteiger partial charge in [-0.3, -0.25) is 57.6 Å². The van der Waals surface area contributed by atoms with E-state index in [0.29, 0.717) is 38.5 Å². The number of hydrogen-bond acceptors (Lipinski definition) is 15. The van der Waals surface area contributed by atoms with Gasteiger partial charge < -0.3 is 70.1 Å². The van der Waals surface area contributed by atoms with Gasteiger partial charge in [-0.05, 0) is 85.9 Å². The zero-order valence-corrected chi connectivity index (χ0v) is 45.8. The van der Waals surface area contributed by atoms with Crippen molar-refractivity contribution < 1.29 is 52.7 Å². The fraction of sp³-hybridized carbons (Fsp3) is 0.462. The van der Waals surface area contributed by atoms with Gasteiger partial charge in [-0.15, -0.1) is 0 Å². The average molecular weight is 1120 g/mol. The SMILES string of the molecule is CSCC[C@H](NC(=O)[C@H](CC(C)C)NC(=O)[C@H](Cc1cnc[nH]1)NC(=O)CNC(=O)[C@@H](NC(=O)[C@H](C)NC(=O)[C@H](Cc1c[nH]c2ccccc12)NC(=O)[C@H](CCC(N)=O)N(C(=O)CN)C(=O)c1ccc(N)cc1)C(C)C)C(N)=O. The number of carbonyl (C=O) groups excluding carboxylic acids is 11. The molecule has 0 saturated heterocycles. The number of carbonyl (C=O) groups is 11. The Morgan fingerprint density at radius 3 is 1.94 bits per heavy atom. The molecular weight excluding hydrogens is 1040 g/mol. The highest BCUT2D eigenvalue weighted by atomic mass is 32.2. The number of rotatable bonds is 31.